The van der Waals surface area contributed by atoms with Crippen LogP contribution < -0.4 is 37.9 Å². The van der Waals surface area contributed by atoms with Gasteiger partial charge in [-0.05, 0) is 120 Å². The van der Waals surface area contributed by atoms with Crippen LogP contribution in [0.4, 0.5) is 0 Å². The van der Waals surface area contributed by atoms with E-state index in [9.17, 15) is 58.8 Å². The molecule has 0 spiro atoms. The molecule has 4 aromatic heterocycles. The van der Waals surface area contributed by atoms with Crippen LogP contribution in [0.5, 0.6) is 46.0 Å². The Kier molecular flexibility index (Phi) is 36.2. The van der Waals surface area contributed by atoms with Gasteiger partial charge in [0.05, 0.1) is 94.4 Å². The lowest BCUT2D eigenvalue weighted by molar-refractivity contribution is -0.160. The minimum absolute atomic E-state index is 0.00878. The van der Waals surface area contributed by atoms with Crippen LogP contribution in [0, 0.1) is 0 Å². The van der Waals surface area contributed by atoms with E-state index in [0.717, 1.165) is 189 Å². The number of amides is 4. The van der Waals surface area contributed by atoms with E-state index in [1.54, 1.807) is 99.5 Å². The summed E-state index contributed by atoms with van der Waals surface area (Å²) in [4.78, 5) is 132. The van der Waals surface area contributed by atoms with Gasteiger partial charge >= 0.3 is 23.9 Å². The maximum absolute atomic E-state index is 14.0. The molecule has 0 bridgehead atoms. The van der Waals surface area contributed by atoms with Crippen molar-refractivity contribution in [3.8, 4) is 46.0 Å². The number of nitrogens with zero attached hydrogens (tertiary/aromatic N) is 8. The number of carboxylic acid groups (broad SMARTS) is 4. The molecule has 0 unspecified atom stereocenters. The fourth-order valence-electron chi connectivity index (χ4n) is 20.5. The smallest absolute Gasteiger partial charge is 0.326 e. The Balaban J connectivity index is 0.000000135. The highest BCUT2D eigenvalue weighted by molar-refractivity contribution is 7.10. The Hall–Kier alpha value is -13.7. The molecule has 4 saturated carbocycles. The van der Waals surface area contributed by atoms with Crippen molar-refractivity contribution in [3.63, 3.8) is 0 Å². The van der Waals surface area contributed by atoms with Crippen LogP contribution in [-0.2, 0) is 136 Å². The van der Waals surface area contributed by atoms with Crippen molar-refractivity contribution in [2.75, 3.05) is 28.4 Å². The van der Waals surface area contributed by atoms with Crippen molar-refractivity contribution in [2.45, 2.75) is 254 Å². The van der Waals surface area contributed by atoms with Crippen molar-refractivity contribution < 1.29 is 116 Å². The molecule has 4 aliphatic heterocycles. The van der Waals surface area contributed by atoms with Gasteiger partial charge in [0, 0.05) is 98.9 Å². The number of carbonyl (C=O) groups excluding carboxylic acids is 4. The molecule has 4 fully saturated rings. The van der Waals surface area contributed by atoms with Gasteiger partial charge < -0.3 is 96.9 Å². The zero-order chi connectivity index (χ0) is 103. The van der Waals surface area contributed by atoms with E-state index in [0.29, 0.717) is 72.4 Å². The van der Waals surface area contributed by atoms with Crippen LogP contribution in [0.3, 0.4) is 0 Å². The summed E-state index contributed by atoms with van der Waals surface area (Å²) < 4.78 is 72.0. The SMILES string of the molecule is COc1ccc2c(c1OCc1cncs1)C[C@@H](C(=O)O)N(C(=O)[C@@H](OC1CCCC1)c1ccccc1)C2.COc1ccc2c(c1OCc1cncs1)C[C@@H](C(=O)O)N(C(=O)[C@H](OC1CCCC1)c1ccccc1)C2.COc1ccc2c(c1OCc1cncs1)C[C@H](C(=O)O)N(C(=O)[C@@H](OC1CCCC1)c1ccccc1)C2.COc1ccc2c(c1OCc1cncs1)C[C@H](C(=O)O)N(C(=O)[C@H](OC1CCCC1)c1ccccc1)C2. The molecule has 4 aliphatic carbocycles. The monoisotopic (exact) mass is 2090 g/mol. The predicted octanol–water partition coefficient (Wildman–Crippen LogP) is 19.1. The van der Waals surface area contributed by atoms with E-state index in [4.69, 9.17) is 56.8 Å². The number of aliphatic carboxylic acids is 4. The summed E-state index contributed by atoms with van der Waals surface area (Å²) in [5.74, 6) is -1.46. The summed E-state index contributed by atoms with van der Waals surface area (Å²) in [6, 6.07) is 47.9. The van der Waals surface area contributed by atoms with Gasteiger partial charge in [-0.3, -0.25) is 39.1 Å². The first kappa shape index (κ1) is 106. The van der Waals surface area contributed by atoms with Crippen LogP contribution in [-0.4, -0.2) is 184 Å². The van der Waals surface area contributed by atoms with Gasteiger partial charge in [-0.25, -0.2) is 19.2 Å². The molecule has 32 nitrogen and oxygen atoms in total. The second kappa shape index (κ2) is 50.8. The zero-order valence-electron chi connectivity index (χ0n) is 82.7. The minimum Gasteiger partial charge on any atom is -0.493 e. The van der Waals surface area contributed by atoms with Crippen molar-refractivity contribution in [3.05, 3.63) is 303 Å². The second-order valence-corrected chi connectivity index (χ2v) is 41.3. The first-order valence-corrected chi connectivity index (χ1v) is 53.4. The molecule has 4 amide bonds. The number of carboxylic acids is 4. The van der Waals surface area contributed by atoms with Crippen LogP contribution >= 0.6 is 45.3 Å². The summed E-state index contributed by atoms with van der Waals surface area (Å²) in [5, 5.41) is 40.8. The number of hydrogen-bond acceptors (Lipinski definition) is 28. The number of ether oxygens (including phenoxy) is 12. The average Bonchev–Trinajstić information content (AvgIpc) is 1.69. The molecule has 20 rings (SSSR count). The topological polar surface area (TPSA) is 393 Å². The van der Waals surface area contributed by atoms with Crippen molar-refractivity contribution >= 4 is 92.9 Å². The third-order valence-corrected chi connectivity index (χ3v) is 31.1. The van der Waals surface area contributed by atoms with E-state index in [1.807, 2.05) is 146 Å². The molecule has 8 atom stereocenters. The van der Waals surface area contributed by atoms with Gasteiger partial charge in [0.1, 0.15) is 50.6 Å². The summed E-state index contributed by atoms with van der Waals surface area (Å²) in [6.45, 7) is 1.75. The van der Waals surface area contributed by atoms with Gasteiger partial charge in [-0.15, -0.1) is 45.3 Å². The number of rotatable bonds is 36. The average molecular weight is 2090 g/mol. The molecule has 12 aromatic rings. The maximum atomic E-state index is 14.0. The third-order valence-electron chi connectivity index (χ3n) is 28.1. The molecular weight excluding hydrogens is 1970 g/mol. The number of aromatic nitrogens is 4. The quantitative estimate of drug-likeness (QED) is 0.0283. The summed E-state index contributed by atoms with van der Waals surface area (Å²) in [6.07, 6.45) is 19.7. The Bertz CT molecular complexity index is 5680. The number of thiazole rings is 4. The molecule has 8 aliphatic rings. The lowest BCUT2D eigenvalue weighted by atomic mass is 9.91. The van der Waals surface area contributed by atoms with E-state index in [-0.39, 0.29) is 99.9 Å². The first-order chi connectivity index (χ1) is 72.2. The number of carbonyl (C=O) groups is 8. The van der Waals surface area contributed by atoms with Crippen molar-refractivity contribution in [2.24, 2.45) is 0 Å². The Labute approximate surface area is 873 Å². The van der Waals surface area contributed by atoms with Gasteiger partial charge in [0.2, 0.25) is 0 Å². The molecule has 4 N–H and O–H groups in total. The number of benzene rings is 8. The van der Waals surface area contributed by atoms with Crippen LogP contribution in [0.15, 0.2) is 217 Å². The normalized spacial score (nSPS) is 18.3. The molecule has 0 saturated heterocycles. The molecule has 36 heteroatoms. The van der Waals surface area contributed by atoms with E-state index < -0.39 is 72.5 Å². The Morgan fingerprint density at radius 1 is 0.291 bits per heavy atom. The molecule has 8 heterocycles. The number of methoxy groups -OCH3 is 4. The van der Waals surface area contributed by atoms with Crippen LogP contribution in [0.2, 0.25) is 0 Å². The van der Waals surface area contributed by atoms with Crippen LogP contribution in [0.25, 0.3) is 0 Å². The fraction of sp³-hybridized carbons (Fsp3) is 0.393. The predicted molar refractivity (Wildman–Crippen MR) is 551 cm³/mol. The van der Waals surface area contributed by atoms with E-state index in [1.165, 1.54) is 64.9 Å². The zero-order valence-corrected chi connectivity index (χ0v) is 85.9. The van der Waals surface area contributed by atoms with Gasteiger partial charge in [0.25, 0.3) is 23.6 Å². The highest BCUT2D eigenvalue weighted by atomic mass is 32.1. The van der Waals surface area contributed by atoms with E-state index in [2.05, 4.69) is 19.9 Å². The lowest BCUT2D eigenvalue weighted by Crippen LogP contribution is -2.50. The summed E-state index contributed by atoms with van der Waals surface area (Å²) in [5.41, 5.74) is 16.2. The minimum atomic E-state index is -1.07. The number of fused-ring (bicyclic) bond motifs is 4. The molecule has 148 heavy (non-hydrogen) atoms. The highest BCUT2D eigenvalue weighted by Gasteiger charge is 2.47. The molecule has 8 aromatic carbocycles. The molecular formula is C112H120N8O24S4. The lowest BCUT2D eigenvalue weighted by Gasteiger charge is -2.37. The fourth-order valence-corrected chi connectivity index (χ4v) is 22.5. The Morgan fingerprint density at radius 2 is 0.486 bits per heavy atom. The highest BCUT2D eigenvalue weighted by Crippen LogP contribution is 2.48. The summed E-state index contributed by atoms with van der Waals surface area (Å²) >= 11 is 5.92. The van der Waals surface area contributed by atoms with Gasteiger partial charge in [-0.1, -0.05) is 197 Å². The Morgan fingerprint density at radius 3 is 0.655 bits per heavy atom. The van der Waals surface area contributed by atoms with E-state index >= 15 is 0 Å². The summed E-state index contributed by atoms with van der Waals surface area (Å²) in [7, 11) is 6.22. The van der Waals surface area contributed by atoms with Crippen molar-refractivity contribution in [1.29, 1.82) is 0 Å². The van der Waals surface area contributed by atoms with Gasteiger partial charge in [-0.2, -0.15) is 0 Å². The molecule has 776 valence electrons. The van der Waals surface area contributed by atoms with Gasteiger partial charge in [0.15, 0.2) is 70.4 Å². The maximum Gasteiger partial charge on any atom is 0.326 e. The van der Waals surface area contributed by atoms with Crippen LogP contribution in [0.1, 0.15) is 213 Å². The second-order valence-electron chi connectivity index (χ2n) is 37.4. The standard InChI is InChI=1S/4C28H30N2O6S/c4*1-34-24-12-11-19-15-30(23(28(32)33)13-22(19)26(24)35-16-21-14-29-17-37-21)27(31)25(18-7-3-2-4-8-18)36-20-9-5-6-10-20/h4*2-4,7-8,11-12,14,17,20,23,25H,5-6,9-10,13,15-16H2,1H3,(H,32,33)/t2*23-,25+;2*23-,25-/m1010/s1. The third kappa shape index (κ3) is 25.6. The molecule has 0 radical (unpaired) electrons. The number of hydrogen-bond donors (Lipinski definition) is 4. The largest absolute Gasteiger partial charge is 0.493 e. The first-order valence-electron chi connectivity index (χ1n) is 49.9. The van der Waals surface area contributed by atoms with Crippen molar-refractivity contribution in [1.82, 2.24) is 39.5 Å².